The van der Waals surface area contributed by atoms with Crippen molar-refractivity contribution < 1.29 is 5.11 Å². The van der Waals surface area contributed by atoms with E-state index in [1.807, 2.05) is 25.5 Å². The molecule has 0 fully saturated rings. The van der Waals surface area contributed by atoms with Crippen molar-refractivity contribution in [2.45, 2.75) is 46.8 Å². The van der Waals surface area contributed by atoms with Gasteiger partial charge in [-0.3, -0.25) is 4.68 Å². The third-order valence-corrected chi connectivity index (χ3v) is 2.46. The number of hydrogen-bond donors (Lipinski definition) is 1. The molecule has 74 valence electrons. The zero-order valence-corrected chi connectivity index (χ0v) is 8.83. The van der Waals surface area contributed by atoms with E-state index < -0.39 is 0 Å². The molecule has 0 amide bonds. The highest BCUT2D eigenvalue weighted by atomic mass is 16.3. The maximum Gasteiger partial charge on any atom is 0.0823 e. The van der Waals surface area contributed by atoms with Gasteiger partial charge in [-0.05, 0) is 27.2 Å². The Balaban J connectivity index is 3.12. The lowest BCUT2D eigenvalue weighted by atomic mass is 10.1. The predicted octanol–water partition coefficient (Wildman–Crippen LogP) is 1.96. The van der Waals surface area contributed by atoms with Gasteiger partial charge in [0.2, 0.25) is 0 Å². The fourth-order valence-electron chi connectivity index (χ4n) is 1.71. The van der Waals surface area contributed by atoms with Gasteiger partial charge in [-0.15, -0.1) is 0 Å². The van der Waals surface area contributed by atoms with Crippen LogP contribution in [0.2, 0.25) is 0 Å². The number of hydrogen-bond acceptors (Lipinski definition) is 2. The van der Waals surface area contributed by atoms with Crippen LogP contribution < -0.4 is 0 Å². The molecule has 3 heteroatoms. The largest absolute Gasteiger partial charge is 0.388 e. The van der Waals surface area contributed by atoms with Crippen molar-refractivity contribution in [1.82, 2.24) is 9.78 Å². The predicted molar refractivity (Wildman–Crippen MR) is 52.6 cm³/mol. The minimum absolute atomic E-state index is 0.361. The van der Waals surface area contributed by atoms with E-state index in [0.717, 1.165) is 29.9 Å². The SMILES string of the molecule is CCC(O)c1c(C)nn(CC)c1C. The average molecular weight is 182 g/mol. The minimum atomic E-state index is -0.361. The van der Waals surface area contributed by atoms with Crippen molar-refractivity contribution in [3.05, 3.63) is 17.0 Å². The number of aliphatic hydroxyl groups is 1. The summed E-state index contributed by atoms with van der Waals surface area (Å²) in [6.45, 7) is 8.86. The molecule has 0 spiro atoms. The van der Waals surface area contributed by atoms with Crippen molar-refractivity contribution in [1.29, 1.82) is 0 Å². The summed E-state index contributed by atoms with van der Waals surface area (Å²) < 4.78 is 1.93. The maximum absolute atomic E-state index is 9.75. The zero-order valence-electron chi connectivity index (χ0n) is 8.83. The van der Waals surface area contributed by atoms with Gasteiger partial charge in [-0.2, -0.15) is 5.10 Å². The van der Waals surface area contributed by atoms with Gasteiger partial charge in [0.1, 0.15) is 0 Å². The Morgan fingerprint density at radius 1 is 1.38 bits per heavy atom. The molecule has 1 aromatic rings. The van der Waals surface area contributed by atoms with Crippen LogP contribution in [0.25, 0.3) is 0 Å². The highest BCUT2D eigenvalue weighted by Crippen LogP contribution is 2.23. The summed E-state index contributed by atoms with van der Waals surface area (Å²) in [5.41, 5.74) is 3.05. The van der Waals surface area contributed by atoms with Crippen LogP contribution in [0.1, 0.15) is 43.3 Å². The molecule has 1 N–H and O–H groups in total. The van der Waals surface area contributed by atoms with E-state index in [2.05, 4.69) is 12.0 Å². The first-order valence-corrected chi connectivity index (χ1v) is 4.83. The van der Waals surface area contributed by atoms with Crippen molar-refractivity contribution >= 4 is 0 Å². The molecule has 0 aliphatic heterocycles. The standard InChI is InChI=1S/C10H18N2O/c1-5-9(13)10-7(3)11-12(6-2)8(10)4/h9,13H,5-6H2,1-4H3. The molecule has 0 bridgehead atoms. The Morgan fingerprint density at radius 3 is 2.38 bits per heavy atom. The first-order valence-electron chi connectivity index (χ1n) is 4.83. The molecule has 0 saturated carbocycles. The molecule has 13 heavy (non-hydrogen) atoms. The van der Waals surface area contributed by atoms with Crippen LogP contribution >= 0.6 is 0 Å². The molecule has 0 aliphatic rings. The quantitative estimate of drug-likeness (QED) is 0.776. The average Bonchev–Trinajstić information content (AvgIpc) is 2.40. The fraction of sp³-hybridized carbons (Fsp3) is 0.700. The van der Waals surface area contributed by atoms with E-state index in [-0.39, 0.29) is 6.10 Å². The van der Waals surface area contributed by atoms with Gasteiger partial charge in [-0.1, -0.05) is 6.92 Å². The summed E-state index contributed by atoms with van der Waals surface area (Å²) in [6, 6.07) is 0. The highest BCUT2D eigenvalue weighted by molar-refractivity contribution is 5.26. The number of aromatic nitrogens is 2. The Bertz CT molecular complexity index is 291. The summed E-state index contributed by atoms with van der Waals surface area (Å²) in [4.78, 5) is 0. The molecule has 1 atom stereocenters. The maximum atomic E-state index is 9.75. The number of aliphatic hydroxyl groups excluding tert-OH is 1. The monoisotopic (exact) mass is 182 g/mol. The van der Waals surface area contributed by atoms with E-state index >= 15 is 0 Å². The van der Waals surface area contributed by atoms with Crippen LogP contribution in [0.3, 0.4) is 0 Å². The van der Waals surface area contributed by atoms with E-state index in [1.165, 1.54) is 0 Å². The second-order valence-electron chi connectivity index (χ2n) is 3.32. The molecular formula is C10H18N2O. The molecular weight excluding hydrogens is 164 g/mol. The van der Waals surface area contributed by atoms with Crippen molar-refractivity contribution in [2.75, 3.05) is 0 Å². The molecule has 1 aromatic heterocycles. The lowest BCUT2D eigenvalue weighted by Gasteiger charge is -2.08. The first kappa shape index (κ1) is 10.3. The Labute approximate surface area is 79.4 Å². The Kier molecular flexibility index (Phi) is 3.09. The molecule has 1 unspecified atom stereocenters. The minimum Gasteiger partial charge on any atom is -0.388 e. The third-order valence-electron chi connectivity index (χ3n) is 2.46. The zero-order chi connectivity index (χ0) is 10.0. The highest BCUT2D eigenvalue weighted by Gasteiger charge is 2.16. The van der Waals surface area contributed by atoms with Crippen molar-refractivity contribution in [3.63, 3.8) is 0 Å². The van der Waals surface area contributed by atoms with Gasteiger partial charge >= 0.3 is 0 Å². The van der Waals surface area contributed by atoms with Crippen LogP contribution in [0.5, 0.6) is 0 Å². The molecule has 0 saturated heterocycles. The second kappa shape index (κ2) is 3.92. The Hall–Kier alpha value is -0.830. The van der Waals surface area contributed by atoms with E-state index in [0.29, 0.717) is 0 Å². The van der Waals surface area contributed by atoms with Crippen molar-refractivity contribution in [3.8, 4) is 0 Å². The fourth-order valence-corrected chi connectivity index (χ4v) is 1.71. The van der Waals surface area contributed by atoms with Gasteiger partial charge in [0.25, 0.3) is 0 Å². The second-order valence-corrected chi connectivity index (χ2v) is 3.32. The van der Waals surface area contributed by atoms with Crippen LogP contribution in [0, 0.1) is 13.8 Å². The summed E-state index contributed by atoms with van der Waals surface area (Å²) in [5, 5.41) is 14.1. The summed E-state index contributed by atoms with van der Waals surface area (Å²) in [6.07, 6.45) is 0.386. The number of aryl methyl sites for hydroxylation is 2. The topological polar surface area (TPSA) is 38.1 Å². The lowest BCUT2D eigenvalue weighted by Crippen LogP contribution is -2.01. The summed E-state index contributed by atoms with van der Waals surface area (Å²) in [5.74, 6) is 0. The van der Waals surface area contributed by atoms with Gasteiger partial charge in [0.05, 0.1) is 11.8 Å². The van der Waals surface area contributed by atoms with Gasteiger partial charge in [-0.25, -0.2) is 0 Å². The Morgan fingerprint density at radius 2 is 2.00 bits per heavy atom. The summed E-state index contributed by atoms with van der Waals surface area (Å²) in [7, 11) is 0. The van der Waals surface area contributed by atoms with Gasteiger partial charge in [0, 0.05) is 17.8 Å². The first-order chi connectivity index (χ1) is 6.11. The normalized spacial score (nSPS) is 13.3. The third kappa shape index (κ3) is 1.75. The molecule has 3 nitrogen and oxygen atoms in total. The molecule has 0 aliphatic carbocycles. The van der Waals surface area contributed by atoms with E-state index in [4.69, 9.17) is 0 Å². The molecule has 0 radical (unpaired) electrons. The van der Waals surface area contributed by atoms with Crippen LogP contribution in [0.15, 0.2) is 0 Å². The van der Waals surface area contributed by atoms with Gasteiger partial charge in [0.15, 0.2) is 0 Å². The number of nitrogens with zero attached hydrogens (tertiary/aromatic N) is 2. The summed E-state index contributed by atoms with van der Waals surface area (Å²) >= 11 is 0. The van der Waals surface area contributed by atoms with Crippen LogP contribution in [-0.2, 0) is 6.54 Å². The number of rotatable bonds is 3. The van der Waals surface area contributed by atoms with Crippen LogP contribution in [0.4, 0.5) is 0 Å². The molecule has 1 heterocycles. The van der Waals surface area contributed by atoms with Gasteiger partial charge < -0.3 is 5.11 Å². The van der Waals surface area contributed by atoms with Crippen molar-refractivity contribution in [2.24, 2.45) is 0 Å². The van der Waals surface area contributed by atoms with Crippen LogP contribution in [-0.4, -0.2) is 14.9 Å². The smallest absolute Gasteiger partial charge is 0.0823 e. The van der Waals surface area contributed by atoms with E-state index in [1.54, 1.807) is 0 Å². The molecule has 1 rings (SSSR count). The van der Waals surface area contributed by atoms with E-state index in [9.17, 15) is 5.11 Å². The molecule has 0 aromatic carbocycles. The lowest BCUT2D eigenvalue weighted by molar-refractivity contribution is 0.172.